The van der Waals surface area contributed by atoms with Gasteiger partial charge in [0.1, 0.15) is 0 Å². The Labute approximate surface area is 114 Å². The Kier molecular flexibility index (Phi) is 5.74. The second-order valence-corrected chi connectivity index (χ2v) is 4.96. The van der Waals surface area contributed by atoms with Gasteiger partial charge in [0.15, 0.2) is 0 Å². The third kappa shape index (κ3) is 4.93. The summed E-state index contributed by atoms with van der Waals surface area (Å²) in [7, 11) is 0. The number of primary amides is 1. The number of benzene rings is 1. The zero-order valence-corrected chi connectivity index (χ0v) is 11.8. The van der Waals surface area contributed by atoms with Gasteiger partial charge in [0.25, 0.3) is 0 Å². The van der Waals surface area contributed by atoms with Crippen molar-refractivity contribution in [3.05, 3.63) is 33.3 Å². The Hall–Kier alpha value is -0.780. The fourth-order valence-electron chi connectivity index (χ4n) is 1.44. The molecule has 1 rings (SSSR count). The lowest BCUT2D eigenvalue weighted by Crippen LogP contribution is -2.36. The fraction of sp³-hybridized carbons (Fsp3) is 0.364. The minimum absolute atomic E-state index is 0.116. The van der Waals surface area contributed by atoms with E-state index in [1.807, 2.05) is 25.1 Å². The maximum absolute atomic E-state index is 10.5. The van der Waals surface area contributed by atoms with Crippen molar-refractivity contribution in [1.82, 2.24) is 10.6 Å². The minimum atomic E-state index is -0.513. The molecule has 1 atom stereocenters. The Morgan fingerprint density at radius 1 is 1.53 bits per heavy atom. The molecule has 4 N–H and O–H groups in total. The number of urea groups is 1. The first-order chi connectivity index (χ1) is 8.00. The molecule has 17 heavy (non-hydrogen) atoms. The van der Waals surface area contributed by atoms with E-state index in [0.717, 1.165) is 10.0 Å². The second kappa shape index (κ2) is 6.83. The van der Waals surface area contributed by atoms with Crippen LogP contribution < -0.4 is 16.4 Å². The van der Waals surface area contributed by atoms with Gasteiger partial charge in [-0.15, -0.1) is 0 Å². The van der Waals surface area contributed by atoms with Gasteiger partial charge in [-0.1, -0.05) is 33.6 Å². The minimum Gasteiger partial charge on any atom is -0.352 e. The monoisotopic (exact) mass is 319 g/mol. The predicted octanol–water partition coefficient (Wildman–Crippen LogP) is 2.42. The smallest absolute Gasteiger partial charge is 0.312 e. The van der Waals surface area contributed by atoms with E-state index in [9.17, 15) is 4.79 Å². The lowest BCUT2D eigenvalue weighted by Gasteiger charge is -2.16. The largest absolute Gasteiger partial charge is 0.352 e. The van der Waals surface area contributed by atoms with E-state index < -0.39 is 6.03 Å². The molecule has 0 radical (unpaired) electrons. The normalized spacial score (nSPS) is 12.2. The number of hydrogen-bond donors (Lipinski definition) is 3. The van der Waals surface area contributed by atoms with Crippen LogP contribution >= 0.6 is 27.5 Å². The molecule has 1 unspecified atom stereocenters. The molecule has 1 aromatic rings. The zero-order chi connectivity index (χ0) is 12.8. The molecule has 0 aliphatic carbocycles. The molecule has 6 heteroatoms. The molecule has 0 spiro atoms. The van der Waals surface area contributed by atoms with Crippen LogP contribution in [-0.2, 0) is 0 Å². The summed E-state index contributed by atoms with van der Waals surface area (Å²) in [5.41, 5.74) is 5.98. The van der Waals surface area contributed by atoms with Gasteiger partial charge >= 0.3 is 6.03 Å². The molecule has 1 aromatic carbocycles. The highest BCUT2D eigenvalue weighted by Gasteiger charge is 2.08. The number of nitrogens with one attached hydrogen (secondary N) is 2. The summed E-state index contributed by atoms with van der Waals surface area (Å²) in [5, 5.41) is 6.47. The van der Waals surface area contributed by atoms with Gasteiger partial charge in [-0.2, -0.15) is 0 Å². The van der Waals surface area contributed by atoms with Crippen molar-refractivity contribution in [2.75, 3.05) is 13.1 Å². The van der Waals surface area contributed by atoms with Crippen LogP contribution in [0, 0.1) is 0 Å². The summed E-state index contributed by atoms with van der Waals surface area (Å²) in [6.45, 7) is 3.14. The van der Waals surface area contributed by atoms with Crippen LogP contribution in [0.1, 0.15) is 18.5 Å². The number of carbonyl (C=O) groups is 1. The highest BCUT2D eigenvalue weighted by molar-refractivity contribution is 9.10. The van der Waals surface area contributed by atoms with Gasteiger partial charge in [0.05, 0.1) is 0 Å². The van der Waals surface area contributed by atoms with Crippen LogP contribution in [0.5, 0.6) is 0 Å². The van der Waals surface area contributed by atoms with Gasteiger partial charge in [-0.25, -0.2) is 4.79 Å². The zero-order valence-electron chi connectivity index (χ0n) is 9.47. The topological polar surface area (TPSA) is 67.2 Å². The van der Waals surface area contributed by atoms with E-state index in [-0.39, 0.29) is 6.04 Å². The molecule has 0 fully saturated rings. The molecular formula is C11H15BrClN3O. The maximum Gasteiger partial charge on any atom is 0.312 e. The van der Waals surface area contributed by atoms with Crippen LogP contribution in [-0.4, -0.2) is 19.1 Å². The van der Waals surface area contributed by atoms with Crippen molar-refractivity contribution < 1.29 is 4.79 Å². The molecule has 0 aliphatic rings. The van der Waals surface area contributed by atoms with Crippen LogP contribution in [0.25, 0.3) is 0 Å². The number of hydrogen-bond acceptors (Lipinski definition) is 2. The Balaban J connectivity index is 2.46. The van der Waals surface area contributed by atoms with Crippen molar-refractivity contribution in [3.8, 4) is 0 Å². The van der Waals surface area contributed by atoms with Crippen LogP contribution in [0.4, 0.5) is 4.79 Å². The standard InChI is InChI=1S/C11H15BrClN3O/c1-7(15-4-5-16-11(14)17)9-3-2-8(12)6-10(9)13/h2-3,6-7,15H,4-5H2,1H3,(H3,14,16,17). The predicted molar refractivity (Wildman–Crippen MR) is 73.2 cm³/mol. The molecule has 0 saturated heterocycles. The summed E-state index contributed by atoms with van der Waals surface area (Å²) in [6, 6.07) is 5.37. The van der Waals surface area contributed by atoms with E-state index in [2.05, 4.69) is 26.6 Å². The number of carbonyl (C=O) groups excluding carboxylic acids is 1. The number of halogens is 2. The summed E-state index contributed by atoms with van der Waals surface area (Å²) in [6.07, 6.45) is 0. The van der Waals surface area contributed by atoms with E-state index in [1.165, 1.54) is 0 Å². The first-order valence-corrected chi connectivity index (χ1v) is 6.39. The molecule has 94 valence electrons. The Bertz CT molecular complexity index is 400. The molecule has 4 nitrogen and oxygen atoms in total. The molecule has 0 saturated carbocycles. The van der Waals surface area contributed by atoms with Gasteiger partial charge in [0.2, 0.25) is 0 Å². The summed E-state index contributed by atoms with van der Waals surface area (Å²) in [5.74, 6) is 0. The number of amides is 2. The average molecular weight is 321 g/mol. The summed E-state index contributed by atoms with van der Waals surface area (Å²) in [4.78, 5) is 10.5. The SMILES string of the molecule is CC(NCCNC(N)=O)c1ccc(Br)cc1Cl. The Morgan fingerprint density at radius 3 is 2.82 bits per heavy atom. The number of nitrogens with two attached hydrogens (primary N) is 1. The van der Waals surface area contributed by atoms with Gasteiger partial charge < -0.3 is 16.4 Å². The molecule has 2 amide bonds. The lowest BCUT2D eigenvalue weighted by molar-refractivity contribution is 0.249. The molecule has 0 heterocycles. The van der Waals surface area contributed by atoms with E-state index in [4.69, 9.17) is 17.3 Å². The average Bonchev–Trinajstić information content (AvgIpc) is 2.23. The van der Waals surface area contributed by atoms with Crippen LogP contribution in [0.3, 0.4) is 0 Å². The summed E-state index contributed by atoms with van der Waals surface area (Å²) >= 11 is 9.49. The van der Waals surface area contributed by atoms with E-state index in [0.29, 0.717) is 18.1 Å². The van der Waals surface area contributed by atoms with Gasteiger partial charge in [-0.05, 0) is 24.6 Å². The van der Waals surface area contributed by atoms with Crippen molar-refractivity contribution in [3.63, 3.8) is 0 Å². The highest BCUT2D eigenvalue weighted by atomic mass is 79.9. The van der Waals surface area contributed by atoms with E-state index >= 15 is 0 Å². The first kappa shape index (κ1) is 14.3. The van der Waals surface area contributed by atoms with Gasteiger partial charge in [-0.3, -0.25) is 0 Å². The number of rotatable bonds is 5. The molecular weight excluding hydrogens is 305 g/mol. The highest BCUT2D eigenvalue weighted by Crippen LogP contribution is 2.26. The van der Waals surface area contributed by atoms with Crippen LogP contribution in [0.15, 0.2) is 22.7 Å². The van der Waals surface area contributed by atoms with E-state index in [1.54, 1.807) is 0 Å². The van der Waals surface area contributed by atoms with Crippen LogP contribution in [0.2, 0.25) is 5.02 Å². The van der Waals surface area contributed by atoms with Crippen molar-refractivity contribution >= 4 is 33.6 Å². The second-order valence-electron chi connectivity index (χ2n) is 3.63. The van der Waals surface area contributed by atoms with Crippen molar-refractivity contribution in [2.45, 2.75) is 13.0 Å². The van der Waals surface area contributed by atoms with Crippen molar-refractivity contribution in [2.24, 2.45) is 5.73 Å². The fourth-order valence-corrected chi connectivity index (χ4v) is 2.27. The van der Waals surface area contributed by atoms with Crippen molar-refractivity contribution in [1.29, 1.82) is 0 Å². The molecule has 0 bridgehead atoms. The first-order valence-electron chi connectivity index (χ1n) is 5.22. The summed E-state index contributed by atoms with van der Waals surface area (Å²) < 4.78 is 0.953. The third-order valence-electron chi connectivity index (χ3n) is 2.30. The maximum atomic E-state index is 10.5. The Morgan fingerprint density at radius 2 is 2.24 bits per heavy atom. The molecule has 0 aromatic heterocycles. The molecule has 0 aliphatic heterocycles. The third-order valence-corrected chi connectivity index (χ3v) is 3.12. The lowest BCUT2D eigenvalue weighted by atomic mass is 10.1. The quantitative estimate of drug-likeness (QED) is 0.729. The van der Waals surface area contributed by atoms with Gasteiger partial charge in [0, 0.05) is 28.6 Å².